The summed E-state index contributed by atoms with van der Waals surface area (Å²) in [6.07, 6.45) is 0.560. The van der Waals surface area contributed by atoms with Crippen molar-refractivity contribution in [3.8, 4) is 0 Å². The number of non-ortho nitro benzene ring substituents is 1. The Labute approximate surface area is 163 Å². The molecule has 2 aromatic carbocycles. The van der Waals surface area contributed by atoms with E-state index in [1.807, 2.05) is 0 Å². The molecule has 1 amide bonds. The van der Waals surface area contributed by atoms with Gasteiger partial charge in [-0.05, 0) is 37.1 Å². The van der Waals surface area contributed by atoms with Crippen LogP contribution in [0.4, 0.5) is 11.4 Å². The smallest absolute Gasteiger partial charge is 0.269 e. The first-order valence-electron chi connectivity index (χ1n) is 8.83. The Morgan fingerprint density at radius 3 is 2.57 bits per heavy atom. The van der Waals surface area contributed by atoms with E-state index in [9.17, 15) is 23.3 Å². The number of anilines is 1. The van der Waals surface area contributed by atoms with Gasteiger partial charge in [0, 0.05) is 31.3 Å². The second kappa shape index (κ2) is 7.59. The van der Waals surface area contributed by atoms with Gasteiger partial charge in [0.25, 0.3) is 11.6 Å². The van der Waals surface area contributed by atoms with Gasteiger partial charge < -0.3 is 4.90 Å². The van der Waals surface area contributed by atoms with Crippen LogP contribution in [0.1, 0.15) is 35.3 Å². The Balaban J connectivity index is 1.84. The SMILES string of the molecule is C[C@H](c1cccc([N+](=O)[O-])c1)N(C)C(=O)c1cccc(N2CCCS2(=O)=O)c1. The molecule has 148 valence electrons. The van der Waals surface area contributed by atoms with Crippen LogP contribution in [0.15, 0.2) is 48.5 Å². The van der Waals surface area contributed by atoms with E-state index in [1.165, 1.54) is 21.3 Å². The van der Waals surface area contributed by atoms with Crippen LogP contribution in [0.5, 0.6) is 0 Å². The summed E-state index contributed by atoms with van der Waals surface area (Å²) >= 11 is 0. The third-order valence-corrected chi connectivity index (χ3v) is 6.81. The van der Waals surface area contributed by atoms with Gasteiger partial charge >= 0.3 is 0 Å². The summed E-state index contributed by atoms with van der Waals surface area (Å²) < 4.78 is 25.6. The van der Waals surface area contributed by atoms with E-state index in [0.717, 1.165) is 0 Å². The first-order valence-corrected chi connectivity index (χ1v) is 10.4. The van der Waals surface area contributed by atoms with Crippen molar-refractivity contribution in [2.24, 2.45) is 0 Å². The summed E-state index contributed by atoms with van der Waals surface area (Å²) in [5.41, 5.74) is 1.44. The molecule has 0 bridgehead atoms. The van der Waals surface area contributed by atoms with Gasteiger partial charge in [-0.25, -0.2) is 8.42 Å². The highest BCUT2D eigenvalue weighted by atomic mass is 32.2. The first-order chi connectivity index (χ1) is 13.2. The third-order valence-electron chi connectivity index (χ3n) is 4.95. The highest BCUT2D eigenvalue weighted by Crippen LogP contribution is 2.27. The van der Waals surface area contributed by atoms with Crippen LogP contribution in [-0.4, -0.2) is 43.5 Å². The lowest BCUT2D eigenvalue weighted by atomic mass is 10.1. The van der Waals surface area contributed by atoms with Crippen LogP contribution in [-0.2, 0) is 10.0 Å². The second-order valence-electron chi connectivity index (χ2n) is 6.74. The van der Waals surface area contributed by atoms with E-state index in [1.54, 1.807) is 50.4 Å². The monoisotopic (exact) mass is 403 g/mol. The molecule has 0 saturated carbocycles. The molecule has 1 heterocycles. The maximum Gasteiger partial charge on any atom is 0.269 e. The number of carbonyl (C=O) groups is 1. The van der Waals surface area contributed by atoms with Gasteiger partial charge in [-0.3, -0.25) is 19.2 Å². The van der Waals surface area contributed by atoms with Crippen LogP contribution in [0, 0.1) is 10.1 Å². The molecule has 1 fully saturated rings. The molecule has 1 aliphatic heterocycles. The van der Waals surface area contributed by atoms with Gasteiger partial charge in [-0.1, -0.05) is 18.2 Å². The zero-order valence-corrected chi connectivity index (χ0v) is 16.4. The van der Waals surface area contributed by atoms with E-state index in [4.69, 9.17) is 0 Å². The van der Waals surface area contributed by atoms with Crippen molar-refractivity contribution in [2.45, 2.75) is 19.4 Å². The minimum atomic E-state index is -3.33. The van der Waals surface area contributed by atoms with Crippen LogP contribution >= 0.6 is 0 Å². The highest BCUT2D eigenvalue weighted by molar-refractivity contribution is 7.93. The zero-order valence-electron chi connectivity index (χ0n) is 15.6. The van der Waals surface area contributed by atoms with Gasteiger partial charge in [0.05, 0.1) is 22.4 Å². The lowest BCUT2D eigenvalue weighted by Gasteiger charge is -2.26. The maximum absolute atomic E-state index is 12.9. The molecule has 0 radical (unpaired) electrons. The molecule has 3 rings (SSSR count). The van der Waals surface area contributed by atoms with Crippen LogP contribution in [0.2, 0.25) is 0 Å². The van der Waals surface area contributed by atoms with Crippen molar-refractivity contribution in [1.29, 1.82) is 0 Å². The van der Waals surface area contributed by atoms with E-state index >= 15 is 0 Å². The number of nitro groups is 1. The number of carbonyl (C=O) groups excluding carboxylic acids is 1. The Hall–Kier alpha value is -2.94. The summed E-state index contributed by atoms with van der Waals surface area (Å²) in [4.78, 5) is 24.9. The zero-order chi connectivity index (χ0) is 20.5. The average molecular weight is 403 g/mol. The molecule has 8 nitrogen and oxygen atoms in total. The number of benzene rings is 2. The molecular weight excluding hydrogens is 382 g/mol. The molecule has 0 aromatic heterocycles. The molecule has 9 heteroatoms. The van der Waals surface area contributed by atoms with E-state index < -0.39 is 21.0 Å². The molecule has 1 atom stereocenters. The average Bonchev–Trinajstić information content (AvgIpc) is 3.05. The van der Waals surface area contributed by atoms with Crippen molar-refractivity contribution < 1.29 is 18.1 Å². The molecule has 2 aromatic rings. The van der Waals surface area contributed by atoms with Crippen molar-refractivity contribution in [2.75, 3.05) is 23.7 Å². The van der Waals surface area contributed by atoms with Crippen LogP contribution in [0.25, 0.3) is 0 Å². The Kier molecular flexibility index (Phi) is 5.37. The third kappa shape index (κ3) is 3.84. The van der Waals surface area contributed by atoms with Crippen molar-refractivity contribution in [1.82, 2.24) is 4.90 Å². The van der Waals surface area contributed by atoms with E-state index in [2.05, 4.69) is 0 Å². The molecule has 0 N–H and O–H groups in total. The van der Waals surface area contributed by atoms with E-state index in [-0.39, 0.29) is 17.3 Å². The fourth-order valence-electron chi connectivity index (χ4n) is 3.22. The molecule has 1 aliphatic rings. The lowest BCUT2D eigenvalue weighted by Crippen LogP contribution is -2.30. The molecular formula is C19H21N3O5S. The summed E-state index contributed by atoms with van der Waals surface area (Å²) in [6, 6.07) is 12.3. The summed E-state index contributed by atoms with van der Waals surface area (Å²) in [7, 11) is -1.71. The molecule has 0 unspecified atom stereocenters. The number of hydrogen-bond acceptors (Lipinski definition) is 5. The standard InChI is InChI=1S/C19H21N3O5S/c1-14(15-6-3-9-18(12-15)22(24)25)20(2)19(23)16-7-4-8-17(13-16)21-10-5-11-28(21,26)27/h3-4,6-9,12-14H,5,10-11H2,1-2H3/t14-/m1/s1. The Morgan fingerprint density at radius 2 is 1.93 bits per heavy atom. The van der Waals surface area contributed by atoms with Gasteiger partial charge in [0.2, 0.25) is 10.0 Å². The number of rotatable bonds is 5. The number of amides is 1. The van der Waals surface area contributed by atoms with Gasteiger partial charge in [-0.2, -0.15) is 0 Å². The molecule has 0 aliphatic carbocycles. The van der Waals surface area contributed by atoms with Crippen LogP contribution < -0.4 is 4.31 Å². The number of nitrogens with zero attached hydrogens (tertiary/aromatic N) is 3. The highest BCUT2D eigenvalue weighted by Gasteiger charge is 2.29. The molecule has 28 heavy (non-hydrogen) atoms. The lowest BCUT2D eigenvalue weighted by molar-refractivity contribution is -0.384. The fraction of sp³-hybridized carbons (Fsp3) is 0.316. The normalized spacial score (nSPS) is 16.6. The van der Waals surface area contributed by atoms with Crippen molar-refractivity contribution >= 4 is 27.3 Å². The summed E-state index contributed by atoms with van der Waals surface area (Å²) in [5.74, 6) is -0.188. The van der Waals surface area contributed by atoms with Gasteiger partial charge in [0.15, 0.2) is 0 Å². The summed E-state index contributed by atoms with van der Waals surface area (Å²) in [5, 5.41) is 11.0. The topological polar surface area (TPSA) is 101 Å². The van der Waals surface area contributed by atoms with Gasteiger partial charge in [-0.15, -0.1) is 0 Å². The van der Waals surface area contributed by atoms with Crippen LogP contribution in [0.3, 0.4) is 0 Å². The molecule has 0 spiro atoms. The Bertz CT molecular complexity index is 1020. The van der Waals surface area contributed by atoms with Crippen molar-refractivity contribution in [3.63, 3.8) is 0 Å². The first kappa shape index (κ1) is 19.8. The predicted molar refractivity (Wildman–Crippen MR) is 106 cm³/mol. The number of nitro benzene ring substituents is 1. The number of hydrogen-bond donors (Lipinski definition) is 0. The minimum absolute atomic E-state index is 0.0357. The Morgan fingerprint density at radius 1 is 1.21 bits per heavy atom. The maximum atomic E-state index is 12.9. The summed E-state index contributed by atoms with van der Waals surface area (Å²) in [6.45, 7) is 2.19. The van der Waals surface area contributed by atoms with E-state index in [0.29, 0.717) is 29.8 Å². The predicted octanol–water partition coefficient (Wildman–Crippen LogP) is 2.97. The molecule has 1 saturated heterocycles. The minimum Gasteiger partial charge on any atom is -0.335 e. The number of sulfonamides is 1. The second-order valence-corrected chi connectivity index (χ2v) is 8.75. The van der Waals surface area contributed by atoms with Crippen molar-refractivity contribution in [3.05, 3.63) is 69.8 Å². The quantitative estimate of drug-likeness (QED) is 0.564. The largest absolute Gasteiger partial charge is 0.335 e. The van der Waals surface area contributed by atoms with Gasteiger partial charge in [0.1, 0.15) is 0 Å². The fourth-order valence-corrected chi connectivity index (χ4v) is 4.78.